The predicted molar refractivity (Wildman–Crippen MR) is 104 cm³/mol. The molecule has 3 aromatic rings. The Morgan fingerprint density at radius 3 is 2.68 bits per heavy atom. The molecule has 2 aromatic carbocycles. The van der Waals surface area contributed by atoms with Gasteiger partial charge in [0.15, 0.2) is 0 Å². The lowest BCUT2D eigenvalue weighted by molar-refractivity contribution is -0.121. The molecular weight excluding hydrogens is 328 g/mol. The first-order chi connectivity index (χ1) is 12.3. The topological polar surface area (TPSA) is 42.0 Å². The van der Waals surface area contributed by atoms with Gasteiger partial charge in [-0.2, -0.15) is 0 Å². The van der Waals surface area contributed by atoms with E-state index in [0.717, 1.165) is 40.2 Å². The molecule has 3 rings (SSSR count). The number of hydrogen-bond donors (Lipinski definition) is 1. The third-order valence-corrected chi connectivity index (χ3v) is 4.89. The van der Waals surface area contributed by atoms with Gasteiger partial charge in [-0.25, -0.2) is 4.98 Å². The van der Waals surface area contributed by atoms with Crippen LogP contribution >= 0.6 is 11.3 Å². The normalized spacial score (nSPS) is 10.6. The van der Waals surface area contributed by atoms with E-state index < -0.39 is 0 Å². The number of carbonyl (C=O) groups excluding carboxylic acids is 1. The molecule has 0 radical (unpaired) electrons. The fraction of sp³-hybridized carbons (Fsp3) is 0.238. The summed E-state index contributed by atoms with van der Waals surface area (Å²) in [5, 5.41) is 6.07. The van der Waals surface area contributed by atoms with Crippen LogP contribution in [0.1, 0.15) is 31.7 Å². The van der Waals surface area contributed by atoms with Crippen molar-refractivity contribution >= 4 is 17.2 Å². The van der Waals surface area contributed by atoms with E-state index in [-0.39, 0.29) is 5.91 Å². The predicted octanol–water partition coefficient (Wildman–Crippen LogP) is 5.28. The van der Waals surface area contributed by atoms with Crippen molar-refractivity contribution in [2.75, 3.05) is 0 Å². The van der Waals surface area contributed by atoms with Gasteiger partial charge in [-0.3, -0.25) is 4.79 Å². The molecule has 0 atom stereocenters. The lowest BCUT2D eigenvalue weighted by Crippen LogP contribution is -2.22. The Balaban J connectivity index is 1.69. The zero-order chi connectivity index (χ0) is 17.5. The second kappa shape index (κ2) is 8.58. The van der Waals surface area contributed by atoms with Crippen LogP contribution in [0.15, 0.2) is 60.0 Å². The van der Waals surface area contributed by atoms with Gasteiger partial charge < -0.3 is 5.32 Å². The second-order valence-electron chi connectivity index (χ2n) is 5.98. The molecule has 0 saturated heterocycles. The number of amides is 1. The van der Waals surface area contributed by atoms with Crippen LogP contribution in [0, 0.1) is 0 Å². The van der Waals surface area contributed by atoms with Crippen molar-refractivity contribution in [1.29, 1.82) is 0 Å². The summed E-state index contributed by atoms with van der Waals surface area (Å²) in [5.74, 6) is 0.118. The second-order valence-corrected chi connectivity index (χ2v) is 6.84. The molecular formula is C21H22N2OS. The van der Waals surface area contributed by atoms with Gasteiger partial charge in [-0.05, 0) is 18.1 Å². The first-order valence-electron chi connectivity index (χ1n) is 8.63. The van der Waals surface area contributed by atoms with E-state index in [1.807, 2.05) is 30.3 Å². The van der Waals surface area contributed by atoms with Crippen molar-refractivity contribution in [3.63, 3.8) is 0 Å². The van der Waals surface area contributed by atoms with E-state index in [0.29, 0.717) is 13.0 Å². The fourth-order valence-electron chi connectivity index (χ4n) is 2.59. The highest BCUT2D eigenvalue weighted by Gasteiger charge is 2.07. The summed E-state index contributed by atoms with van der Waals surface area (Å²) in [5.41, 5.74) is 4.31. The van der Waals surface area contributed by atoms with Crippen LogP contribution in [0.5, 0.6) is 0 Å². The van der Waals surface area contributed by atoms with E-state index in [9.17, 15) is 4.79 Å². The van der Waals surface area contributed by atoms with Gasteiger partial charge >= 0.3 is 0 Å². The lowest BCUT2D eigenvalue weighted by atomic mass is 10.1. The first kappa shape index (κ1) is 17.4. The highest BCUT2D eigenvalue weighted by Crippen LogP contribution is 2.29. The summed E-state index contributed by atoms with van der Waals surface area (Å²) in [6.07, 6.45) is 2.58. The van der Waals surface area contributed by atoms with E-state index in [1.54, 1.807) is 11.3 Å². The minimum absolute atomic E-state index is 0.118. The van der Waals surface area contributed by atoms with Gasteiger partial charge in [0.25, 0.3) is 0 Å². The van der Waals surface area contributed by atoms with E-state index in [2.05, 4.69) is 41.9 Å². The number of nitrogens with one attached hydrogen (secondary N) is 1. The summed E-state index contributed by atoms with van der Waals surface area (Å²) >= 11 is 1.64. The van der Waals surface area contributed by atoms with Gasteiger partial charge in [0, 0.05) is 29.5 Å². The molecule has 1 heterocycles. The van der Waals surface area contributed by atoms with Gasteiger partial charge in [-0.1, -0.05) is 61.9 Å². The third-order valence-electron chi connectivity index (χ3n) is 3.99. The molecule has 128 valence electrons. The SMILES string of the molecule is CCCCC(=O)NCc1cccc(-c2nc(-c3ccccc3)cs2)c1. The van der Waals surface area contributed by atoms with Crippen LogP contribution in [-0.2, 0) is 11.3 Å². The molecule has 0 fully saturated rings. The Labute approximate surface area is 152 Å². The molecule has 1 amide bonds. The van der Waals surface area contributed by atoms with Gasteiger partial charge in [-0.15, -0.1) is 11.3 Å². The van der Waals surface area contributed by atoms with Gasteiger partial charge in [0.2, 0.25) is 5.91 Å². The molecule has 0 aliphatic heterocycles. The number of aromatic nitrogens is 1. The van der Waals surface area contributed by atoms with Gasteiger partial charge in [0.05, 0.1) is 5.69 Å². The molecule has 0 bridgehead atoms. The van der Waals surface area contributed by atoms with Crippen molar-refractivity contribution in [1.82, 2.24) is 10.3 Å². The molecule has 0 spiro atoms. The summed E-state index contributed by atoms with van der Waals surface area (Å²) in [6.45, 7) is 2.65. The highest BCUT2D eigenvalue weighted by atomic mass is 32.1. The molecule has 3 nitrogen and oxygen atoms in total. The number of carbonyl (C=O) groups is 1. The van der Waals surface area contributed by atoms with Gasteiger partial charge in [0.1, 0.15) is 5.01 Å². The Morgan fingerprint density at radius 2 is 1.88 bits per heavy atom. The minimum Gasteiger partial charge on any atom is -0.352 e. The zero-order valence-electron chi connectivity index (χ0n) is 14.4. The quantitative estimate of drug-likeness (QED) is 0.629. The van der Waals surface area contributed by atoms with Crippen molar-refractivity contribution in [3.05, 3.63) is 65.5 Å². The average molecular weight is 350 g/mol. The molecule has 25 heavy (non-hydrogen) atoms. The number of rotatable bonds is 7. The van der Waals surface area contributed by atoms with Crippen molar-refractivity contribution in [2.45, 2.75) is 32.7 Å². The standard InChI is InChI=1S/C21H22N2OS/c1-2-3-12-20(24)22-14-16-8-7-11-18(13-16)21-23-19(15-25-21)17-9-5-4-6-10-17/h4-11,13,15H,2-3,12,14H2,1H3,(H,22,24). The maximum absolute atomic E-state index is 11.8. The van der Waals surface area contributed by atoms with E-state index in [4.69, 9.17) is 4.98 Å². The Hall–Kier alpha value is -2.46. The average Bonchev–Trinajstić information content (AvgIpc) is 3.16. The monoisotopic (exact) mass is 350 g/mol. The number of unbranched alkanes of at least 4 members (excludes halogenated alkanes) is 1. The van der Waals surface area contributed by atoms with Crippen LogP contribution in [-0.4, -0.2) is 10.9 Å². The van der Waals surface area contributed by atoms with Crippen LogP contribution in [0.25, 0.3) is 21.8 Å². The van der Waals surface area contributed by atoms with Crippen molar-refractivity contribution in [3.8, 4) is 21.8 Å². The molecule has 1 aromatic heterocycles. The Kier molecular flexibility index (Phi) is 5.96. The van der Waals surface area contributed by atoms with E-state index >= 15 is 0 Å². The van der Waals surface area contributed by atoms with E-state index in [1.165, 1.54) is 0 Å². The number of thiazole rings is 1. The molecule has 1 N–H and O–H groups in total. The number of nitrogens with zero attached hydrogens (tertiary/aromatic N) is 1. The molecule has 0 aliphatic carbocycles. The largest absolute Gasteiger partial charge is 0.352 e. The molecule has 4 heteroatoms. The Morgan fingerprint density at radius 1 is 1.08 bits per heavy atom. The summed E-state index contributed by atoms with van der Waals surface area (Å²) < 4.78 is 0. The maximum Gasteiger partial charge on any atom is 0.220 e. The summed E-state index contributed by atoms with van der Waals surface area (Å²) in [4.78, 5) is 16.5. The lowest BCUT2D eigenvalue weighted by Gasteiger charge is -2.06. The van der Waals surface area contributed by atoms with Crippen LogP contribution in [0.4, 0.5) is 0 Å². The van der Waals surface area contributed by atoms with Crippen LogP contribution in [0.2, 0.25) is 0 Å². The minimum atomic E-state index is 0.118. The molecule has 0 aliphatic rings. The highest BCUT2D eigenvalue weighted by molar-refractivity contribution is 7.13. The molecule has 0 unspecified atom stereocenters. The summed E-state index contributed by atoms with van der Waals surface area (Å²) in [6, 6.07) is 18.4. The van der Waals surface area contributed by atoms with Crippen molar-refractivity contribution < 1.29 is 4.79 Å². The Bertz CT molecular complexity index is 827. The first-order valence-corrected chi connectivity index (χ1v) is 9.51. The summed E-state index contributed by atoms with van der Waals surface area (Å²) in [7, 11) is 0. The maximum atomic E-state index is 11.8. The zero-order valence-corrected chi connectivity index (χ0v) is 15.2. The van der Waals surface area contributed by atoms with Crippen molar-refractivity contribution in [2.24, 2.45) is 0 Å². The fourth-order valence-corrected chi connectivity index (χ4v) is 3.41. The number of benzene rings is 2. The third kappa shape index (κ3) is 4.77. The smallest absolute Gasteiger partial charge is 0.220 e. The number of hydrogen-bond acceptors (Lipinski definition) is 3. The molecule has 0 saturated carbocycles. The van der Waals surface area contributed by atoms with Crippen LogP contribution in [0.3, 0.4) is 0 Å². The van der Waals surface area contributed by atoms with Crippen LogP contribution < -0.4 is 5.32 Å².